The van der Waals surface area contributed by atoms with Crippen LogP contribution in [-0.4, -0.2) is 49.6 Å². The maximum atomic E-state index is 12.6. The number of esters is 3. The Kier molecular flexibility index (Phi) is 8.27. The number of halogens is 4. The standard InChI is InChI=1S/C13H16F4O6/c1-7(2)11(19)23-8(5-21-10(18)4-9(14)15)6-22-12(20)13(3,16)17/h8-9H,1,4-6H2,2-3H3. The van der Waals surface area contributed by atoms with Gasteiger partial charge in [-0.3, -0.25) is 4.79 Å². The van der Waals surface area contributed by atoms with Crippen LogP contribution in [0.15, 0.2) is 12.2 Å². The van der Waals surface area contributed by atoms with Gasteiger partial charge in [-0.2, -0.15) is 8.78 Å². The lowest BCUT2D eigenvalue weighted by Gasteiger charge is -2.19. The number of hydrogen-bond donors (Lipinski definition) is 0. The molecule has 0 rings (SSSR count). The average Bonchev–Trinajstić information content (AvgIpc) is 2.39. The molecule has 10 heteroatoms. The lowest BCUT2D eigenvalue weighted by Crippen LogP contribution is -2.35. The smallest absolute Gasteiger partial charge is 0.376 e. The van der Waals surface area contributed by atoms with Crippen molar-refractivity contribution in [1.29, 1.82) is 0 Å². The van der Waals surface area contributed by atoms with E-state index in [1.54, 1.807) is 0 Å². The summed E-state index contributed by atoms with van der Waals surface area (Å²) in [5.41, 5.74) is -0.0546. The van der Waals surface area contributed by atoms with E-state index in [9.17, 15) is 31.9 Å². The zero-order valence-corrected chi connectivity index (χ0v) is 12.4. The minimum atomic E-state index is -3.77. The first-order valence-electron chi connectivity index (χ1n) is 6.28. The number of carbonyl (C=O) groups is 3. The summed E-state index contributed by atoms with van der Waals surface area (Å²) in [5, 5.41) is 0. The van der Waals surface area contributed by atoms with E-state index in [1.165, 1.54) is 6.92 Å². The molecule has 1 unspecified atom stereocenters. The van der Waals surface area contributed by atoms with Crippen molar-refractivity contribution in [3.05, 3.63) is 12.2 Å². The van der Waals surface area contributed by atoms with Crippen LogP contribution in [0.1, 0.15) is 20.3 Å². The number of rotatable bonds is 9. The quantitative estimate of drug-likeness (QED) is 0.275. The van der Waals surface area contributed by atoms with Gasteiger partial charge in [0.1, 0.15) is 19.6 Å². The third-order valence-corrected chi connectivity index (χ3v) is 2.13. The minimum Gasteiger partial charge on any atom is -0.461 e. The summed E-state index contributed by atoms with van der Waals surface area (Å²) < 4.78 is 62.6. The zero-order chi connectivity index (χ0) is 18.2. The molecule has 0 heterocycles. The SMILES string of the molecule is C=C(C)C(=O)OC(COC(=O)CC(F)F)COC(=O)C(C)(F)F. The van der Waals surface area contributed by atoms with Gasteiger partial charge in [0.05, 0.1) is 0 Å². The van der Waals surface area contributed by atoms with Crippen LogP contribution in [0.25, 0.3) is 0 Å². The Morgan fingerprint density at radius 1 is 1.13 bits per heavy atom. The molecule has 0 aromatic carbocycles. The molecule has 0 aliphatic rings. The van der Waals surface area contributed by atoms with Crippen molar-refractivity contribution in [2.75, 3.05) is 13.2 Å². The number of hydrogen-bond acceptors (Lipinski definition) is 6. The van der Waals surface area contributed by atoms with Crippen LogP contribution in [0.5, 0.6) is 0 Å². The summed E-state index contributed by atoms with van der Waals surface area (Å²) in [6.07, 6.45) is -5.56. The Labute approximate surface area is 129 Å². The van der Waals surface area contributed by atoms with E-state index < -0.39 is 56.0 Å². The van der Waals surface area contributed by atoms with E-state index in [1.807, 2.05) is 0 Å². The molecule has 0 saturated heterocycles. The molecule has 0 bridgehead atoms. The van der Waals surface area contributed by atoms with Gasteiger partial charge < -0.3 is 14.2 Å². The minimum absolute atomic E-state index is 0.0546. The van der Waals surface area contributed by atoms with E-state index in [2.05, 4.69) is 16.1 Å². The molecule has 0 aromatic heterocycles. The van der Waals surface area contributed by atoms with Crippen LogP contribution < -0.4 is 0 Å². The van der Waals surface area contributed by atoms with E-state index in [-0.39, 0.29) is 5.57 Å². The molecule has 1 atom stereocenters. The van der Waals surface area contributed by atoms with E-state index >= 15 is 0 Å². The Bertz CT molecular complexity index is 458. The highest BCUT2D eigenvalue weighted by atomic mass is 19.3. The Morgan fingerprint density at radius 3 is 2.09 bits per heavy atom. The third-order valence-electron chi connectivity index (χ3n) is 2.13. The van der Waals surface area contributed by atoms with Gasteiger partial charge in [0.25, 0.3) is 0 Å². The molecular weight excluding hydrogens is 328 g/mol. The summed E-state index contributed by atoms with van der Waals surface area (Å²) in [4.78, 5) is 33.3. The molecule has 6 nitrogen and oxygen atoms in total. The fraction of sp³-hybridized carbons (Fsp3) is 0.615. The van der Waals surface area contributed by atoms with Crippen molar-refractivity contribution >= 4 is 17.9 Å². The summed E-state index contributed by atoms with van der Waals surface area (Å²) in [6, 6.07) is 0. The van der Waals surface area contributed by atoms with Crippen molar-refractivity contribution in [3.8, 4) is 0 Å². The van der Waals surface area contributed by atoms with E-state index in [0.29, 0.717) is 6.92 Å². The fourth-order valence-corrected chi connectivity index (χ4v) is 1.03. The number of ether oxygens (including phenoxy) is 3. The molecule has 0 amide bonds. The lowest BCUT2D eigenvalue weighted by molar-refractivity contribution is -0.178. The van der Waals surface area contributed by atoms with Crippen LogP contribution in [0.4, 0.5) is 17.6 Å². The van der Waals surface area contributed by atoms with Gasteiger partial charge >= 0.3 is 23.8 Å². The van der Waals surface area contributed by atoms with Gasteiger partial charge in [0.15, 0.2) is 6.10 Å². The largest absolute Gasteiger partial charge is 0.461 e. The second-order valence-corrected chi connectivity index (χ2v) is 4.57. The van der Waals surface area contributed by atoms with E-state index in [0.717, 1.165) is 0 Å². The van der Waals surface area contributed by atoms with Gasteiger partial charge in [0.2, 0.25) is 6.43 Å². The highest BCUT2D eigenvalue weighted by Crippen LogP contribution is 2.14. The molecular formula is C13H16F4O6. The van der Waals surface area contributed by atoms with Crippen molar-refractivity contribution in [2.24, 2.45) is 0 Å². The first kappa shape index (κ1) is 20.9. The number of alkyl halides is 4. The fourth-order valence-electron chi connectivity index (χ4n) is 1.03. The number of carbonyl (C=O) groups excluding carboxylic acids is 3. The molecule has 0 aliphatic heterocycles. The van der Waals surface area contributed by atoms with Crippen molar-refractivity contribution in [2.45, 2.75) is 38.7 Å². The maximum Gasteiger partial charge on any atom is 0.376 e. The summed E-state index contributed by atoms with van der Waals surface area (Å²) >= 11 is 0. The molecule has 0 fully saturated rings. The summed E-state index contributed by atoms with van der Waals surface area (Å²) in [7, 11) is 0. The Morgan fingerprint density at radius 2 is 1.65 bits per heavy atom. The first-order valence-corrected chi connectivity index (χ1v) is 6.28. The normalized spacial score (nSPS) is 12.5. The predicted molar refractivity (Wildman–Crippen MR) is 67.9 cm³/mol. The lowest BCUT2D eigenvalue weighted by atomic mass is 10.3. The molecule has 0 aliphatic carbocycles. The monoisotopic (exact) mass is 344 g/mol. The molecule has 0 N–H and O–H groups in total. The predicted octanol–water partition coefficient (Wildman–Crippen LogP) is 1.87. The van der Waals surface area contributed by atoms with Gasteiger partial charge in [-0.15, -0.1) is 0 Å². The molecule has 0 saturated carbocycles. The van der Waals surface area contributed by atoms with Crippen LogP contribution in [0.2, 0.25) is 0 Å². The van der Waals surface area contributed by atoms with Gasteiger partial charge in [-0.1, -0.05) is 6.58 Å². The van der Waals surface area contributed by atoms with E-state index in [4.69, 9.17) is 4.74 Å². The molecule has 0 radical (unpaired) electrons. The van der Waals surface area contributed by atoms with Crippen LogP contribution in [0, 0.1) is 0 Å². The maximum absolute atomic E-state index is 12.6. The molecule has 132 valence electrons. The molecule has 0 spiro atoms. The highest BCUT2D eigenvalue weighted by Gasteiger charge is 2.35. The van der Waals surface area contributed by atoms with Gasteiger partial charge in [-0.05, 0) is 6.92 Å². The molecule has 23 heavy (non-hydrogen) atoms. The van der Waals surface area contributed by atoms with Crippen LogP contribution in [-0.2, 0) is 28.6 Å². The van der Waals surface area contributed by atoms with Crippen LogP contribution in [0.3, 0.4) is 0 Å². The molecule has 0 aromatic rings. The Hall–Kier alpha value is -2.13. The summed E-state index contributed by atoms with van der Waals surface area (Å²) in [6.45, 7) is 3.27. The Balaban J connectivity index is 4.63. The second kappa shape index (κ2) is 9.11. The van der Waals surface area contributed by atoms with Gasteiger partial charge in [-0.25, -0.2) is 18.4 Å². The first-order chi connectivity index (χ1) is 10.4. The zero-order valence-electron chi connectivity index (χ0n) is 12.4. The van der Waals surface area contributed by atoms with Crippen LogP contribution >= 0.6 is 0 Å². The third kappa shape index (κ3) is 9.48. The van der Waals surface area contributed by atoms with Crippen molar-refractivity contribution in [3.63, 3.8) is 0 Å². The summed E-state index contributed by atoms with van der Waals surface area (Å²) in [5.74, 6) is -7.90. The van der Waals surface area contributed by atoms with Crippen molar-refractivity contribution < 1.29 is 46.2 Å². The highest BCUT2D eigenvalue weighted by molar-refractivity contribution is 5.87. The topological polar surface area (TPSA) is 78.9 Å². The van der Waals surface area contributed by atoms with Crippen molar-refractivity contribution in [1.82, 2.24) is 0 Å². The second-order valence-electron chi connectivity index (χ2n) is 4.57. The average molecular weight is 344 g/mol. The van der Waals surface area contributed by atoms with Gasteiger partial charge in [0, 0.05) is 12.5 Å².